The van der Waals surface area contributed by atoms with E-state index in [0.29, 0.717) is 27.8 Å². The number of benzene rings is 1. The van der Waals surface area contributed by atoms with Crippen molar-refractivity contribution in [3.8, 4) is 5.69 Å². The molecule has 2 aliphatic rings. The van der Waals surface area contributed by atoms with E-state index in [1.54, 1.807) is 41.5 Å². The molecule has 1 N–H and O–H groups in total. The van der Waals surface area contributed by atoms with E-state index in [9.17, 15) is 18.0 Å². The maximum atomic E-state index is 13.1. The number of nitrogens with zero attached hydrogens (tertiary/aromatic N) is 3. The van der Waals surface area contributed by atoms with Gasteiger partial charge in [-0.05, 0) is 62.1 Å². The number of allylic oxidation sites excluding steroid dienone is 1. The van der Waals surface area contributed by atoms with Gasteiger partial charge in [-0.3, -0.25) is 15.1 Å². The summed E-state index contributed by atoms with van der Waals surface area (Å²) in [5.74, 6) is -0.474. The zero-order chi connectivity index (χ0) is 21.8. The van der Waals surface area contributed by atoms with Crippen LogP contribution in [-0.2, 0) is 11.0 Å². The van der Waals surface area contributed by atoms with Crippen molar-refractivity contribution < 1.29 is 18.0 Å². The van der Waals surface area contributed by atoms with E-state index >= 15 is 0 Å². The number of fused-ring (bicyclic) bond motifs is 1. The van der Waals surface area contributed by atoms with Crippen LogP contribution in [0.3, 0.4) is 0 Å². The van der Waals surface area contributed by atoms with Gasteiger partial charge in [0.25, 0.3) is 5.91 Å². The van der Waals surface area contributed by atoms with Crippen LogP contribution in [0.15, 0.2) is 52.0 Å². The molecular formula is C21H18ClF3N4OS. The highest BCUT2D eigenvalue weighted by atomic mass is 35.5. The van der Waals surface area contributed by atoms with E-state index in [0.717, 1.165) is 17.8 Å². The molecule has 0 aliphatic carbocycles. The van der Waals surface area contributed by atoms with Crippen LogP contribution >= 0.6 is 24.2 Å². The number of aryl methyl sites for hydroxylation is 1. The van der Waals surface area contributed by atoms with Gasteiger partial charge in [0.2, 0.25) is 0 Å². The minimum Gasteiger partial charge on any atom is -0.318 e. The smallest absolute Gasteiger partial charge is 0.318 e. The maximum absolute atomic E-state index is 13.1. The Morgan fingerprint density at radius 3 is 2.55 bits per heavy atom. The fraction of sp³-hybridized carbons (Fsp3) is 0.190. The molecular weight excluding hydrogens is 449 g/mol. The Labute approximate surface area is 187 Å². The first-order valence-electron chi connectivity index (χ1n) is 9.01. The van der Waals surface area contributed by atoms with E-state index in [1.807, 2.05) is 12.3 Å². The van der Waals surface area contributed by atoms with Gasteiger partial charge in [0.1, 0.15) is 5.84 Å². The first-order valence-corrected chi connectivity index (χ1v) is 9.89. The maximum Gasteiger partial charge on any atom is 0.416 e. The molecule has 1 amide bonds. The van der Waals surface area contributed by atoms with Gasteiger partial charge in [-0.15, -0.1) is 12.4 Å². The molecule has 2 aliphatic heterocycles. The molecule has 5 nitrogen and oxygen atoms in total. The van der Waals surface area contributed by atoms with Crippen molar-refractivity contribution in [2.75, 3.05) is 0 Å². The van der Waals surface area contributed by atoms with E-state index in [1.165, 1.54) is 17.8 Å². The predicted octanol–water partition coefficient (Wildman–Crippen LogP) is 5.70. The number of amidine groups is 2. The number of carbonyl (C=O) groups excluding carboxylic acids is 1. The molecule has 0 atom stereocenters. The lowest BCUT2D eigenvalue weighted by atomic mass is 10.1. The van der Waals surface area contributed by atoms with Crippen LogP contribution in [0, 0.1) is 19.3 Å². The Hall–Kier alpha value is -2.78. The standard InChI is InChI=1S/C21H17F3N4OS.ClH/c1-11-7-14(8-17-18(25)28-12(2)10-30-20(28)26-19(17)29)13(3)27(11)16-6-4-5-15(9-16)21(22,23)24;/h4-10,25H,1-3H3;1H. The molecule has 0 saturated carbocycles. The highest BCUT2D eigenvalue weighted by molar-refractivity contribution is 8.16. The Bertz CT molecular complexity index is 1190. The number of rotatable bonds is 2. The van der Waals surface area contributed by atoms with Gasteiger partial charge < -0.3 is 4.57 Å². The zero-order valence-electron chi connectivity index (χ0n) is 16.7. The summed E-state index contributed by atoms with van der Waals surface area (Å²) >= 11 is 1.29. The van der Waals surface area contributed by atoms with Crippen LogP contribution < -0.4 is 0 Å². The number of halogens is 4. The monoisotopic (exact) mass is 466 g/mol. The predicted molar refractivity (Wildman–Crippen MR) is 119 cm³/mol. The summed E-state index contributed by atoms with van der Waals surface area (Å²) in [5.41, 5.74) is 2.61. The molecule has 31 heavy (non-hydrogen) atoms. The Morgan fingerprint density at radius 1 is 1.16 bits per heavy atom. The average molecular weight is 467 g/mol. The highest BCUT2D eigenvalue weighted by Gasteiger charge is 2.34. The van der Waals surface area contributed by atoms with Crippen molar-refractivity contribution in [2.24, 2.45) is 4.99 Å². The van der Waals surface area contributed by atoms with Crippen LogP contribution in [0.2, 0.25) is 0 Å². The summed E-state index contributed by atoms with van der Waals surface area (Å²) in [6, 6.07) is 6.88. The molecule has 0 unspecified atom stereocenters. The largest absolute Gasteiger partial charge is 0.416 e. The van der Waals surface area contributed by atoms with Crippen molar-refractivity contribution in [3.05, 3.63) is 69.5 Å². The Kier molecular flexibility index (Phi) is 5.94. The highest BCUT2D eigenvalue weighted by Crippen LogP contribution is 2.34. The summed E-state index contributed by atoms with van der Waals surface area (Å²) in [5, 5.41) is 10.7. The third-order valence-electron chi connectivity index (χ3n) is 4.99. The van der Waals surface area contributed by atoms with Gasteiger partial charge >= 0.3 is 6.18 Å². The number of amides is 1. The lowest BCUT2D eigenvalue weighted by molar-refractivity contribution is -0.137. The first kappa shape index (κ1) is 22.9. The van der Waals surface area contributed by atoms with Crippen molar-refractivity contribution in [1.82, 2.24) is 9.47 Å². The van der Waals surface area contributed by atoms with Crippen LogP contribution in [0.5, 0.6) is 0 Å². The fourth-order valence-electron chi connectivity index (χ4n) is 3.55. The zero-order valence-corrected chi connectivity index (χ0v) is 18.4. The number of hydrogen-bond donors (Lipinski definition) is 1. The third kappa shape index (κ3) is 3.95. The number of aromatic nitrogens is 1. The Balaban J connectivity index is 0.00000272. The van der Waals surface area contributed by atoms with E-state index in [2.05, 4.69) is 4.99 Å². The van der Waals surface area contributed by atoms with Crippen LogP contribution in [0.4, 0.5) is 13.2 Å². The van der Waals surface area contributed by atoms with Gasteiger partial charge in [0.05, 0.1) is 11.1 Å². The van der Waals surface area contributed by atoms with Crippen LogP contribution in [0.1, 0.15) is 29.4 Å². The Morgan fingerprint density at radius 2 is 1.87 bits per heavy atom. The van der Waals surface area contributed by atoms with E-state index in [-0.39, 0.29) is 23.8 Å². The number of carbonyl (C=O) groups is 1. The van der Waals surface area contributed by atoms with Crippen molar-refractivity contribution in [1.29, 1.82) is 5.41 Å². The molecule has 1 aromatic carbocycles. The quantitative estimate of drug-likeness (QED) is 0.577. The van der Waals surface area contributed by atoms with Gasteiger partial charge in [-0.2, -0.15) is 18.2 Å². The number of nitrogens with one attached hydrogen (secondary N) is 1. The van der Waals surface area contributed by atoms with Gasteiger partial charge in [0, 0.05) is 22.8 Å². The summed E-state index contributed by atoms with van der Waals surface area (Å²) in [6.45, 7) is 5.38. The molecule has 0 bridgehead atoms. The molecule has 0 spiro atoms. The second-order valence-corrected chi connectivity index (χ2v) is 7.87. The molecule has 3 heterocycles. The number of thioether (sulfide) groups is 1. The van der Waals surface area contributed by atoms with Crippen LogP contribution in [0.25, 0.3) is 11.8 Å². The molecule has 2 aromatic rings. The average Bonchev–Trinajstić information content (AvgIpc) is 3.17. The van der Waals surface area contributed by atoms with Gasteiger partial charge in [0.15, 0.2) is 5.17 Å². The number of alkyl halides is 3. The first-order chi connectivity index (χ1) is 14.1. The lowest BCUT2D eigenvalue weighted by Crippen LogP contribution is -2.37. The fourth-order valence-corrected chi connectivity index (χ4v) is 4.41. The molecule has 4 rings (SSSR count). The molecule has 162 valence electrons. The summed E-state index contributed by atoms with van der Waals surface area (Å²) in [6.07, 6.45) is -2.86. The molecule has 0 saturated heterocycles. The topological polar surface area (TPSA) is 61.5 Å². The molecule has 10 heteroatoms. The molecule has 0 radical (unpaired) electrons. The second-order valence-electron chi connectivity index (χ2n) is 7.03. The minimum atomic E-state index is -4.44. The summed E-state index contributed by atoms with van der Waals surface area (Å²) in [7, 11) is 0. The summed E-state index contributed by atoms with van der Waals surface area (Å²) < 4.78 is 41.1. The third-order valence-corrected chi connectivity index (χ3v) is 5.93. The second kappa shape index (κ2) is 8.05. The molecule has 0 fully saturated rings. The van der Waals surface area contributed by atoms with Crippen molar-refractivity contribution in [3.63, 3.8) is 0 Å². The molecule has 1 aromatic heterocycles. The van der Waals surface area contributed by atoms with Gasteiger partial charge in [-0.1, -0.05) is 17.8 Å². The number of hydrogen-bond acceptors (Lipinski definition) is 3. The van der Waals surface area contributed by atoms with Gasteiger partial charge in [-0.25, -0.2) is 0 Å². The van der Waals surface area contributed by atoms with Crippen LogP contribution in [-0.4, -0.2) is 26.4 Å². The number of aliphatic imine (C=N–C) groups is 1. The lowest BCUT2D eigenvalue weighted by Gasteiger charge is -2.25. The van der Waals surface area contributed by atoms with Crippen molar-refractivity contribution in [2.45, 2.75) is 26.9 Å². The van der Waals surface area contributed by atoms with Crippen molar-refractivity contribution >= 4 is 47.2 Å². The van der Waals surface area contributed by atoms with E-state index < -0.39 is 17.6 Å². The SMILES string of the molecule is CC1=CSC2=NC(=O)C(=Cc3cc(C)n(-c4cccc(C(F)(F)F)c4)c3C)C(=N)N12.Cl. The minimum absolute atomic E-state index is 0. The van der Waals surface area contributed by atoms with E-state index in [4.69, 9.17) is 5.41 Å². The summed E-state index contributed by atoms with van der Waals surface area (Å²) in [4.78, 5) is 18.1. The normalized spacial score (nSPS) is 17.5.